The van der Waals surface area contributed by atoms with Crippen molar-refractivity contribution in [2.45, 2.75) is 46.5 Å². The Morgan fingerprint density at radius 3 is 2.37 bits per heavy atom. The lowest BCUT2D eigenvalue weighted by atomic mass is 9.87. The lowest BCUT2D eigenvalue weighted by Crippen LogP contribution is -2.19. The summed E-state index contributed by atoms with van der Waals surface area (Å²) in [5.41, 5.74) is 8.09. The Morgan fingerprint density at radius 1 is 1.13 bits per heavy atom. The highest BCUT2D eigenvalue weighted by Gasteiger charge is 2.20. The van der Waals surface area contributed by atoms with E-state index in [1.54, 1.807) is 13.1 Å². The Morgan fingerprint density at radius 2 is 1.80 bits per heavy atom. The standard InChI is InChI=1S/C22H24N4O3S/c1-12-19(29-13(2)27)18(20(23)28)26-17(25-12)10-16-11-24-21(30-16)14-6-8-15(9-7-14)22(3,4)5/h6-9,11H,10H2,1-5H3,(H2,23,28). The van der Waals surface area contributed by atoms with E-state index in [0.29, 0.717) is 17.9 Å². The first-order chi connectivity index (χ1) is 14.0. The molecule has 2 N–H and O–H groups in total. The number of hydrogen-bond acceptors (Lipinski definition) is 7. The normalized spacial score (nSPS) is 11.4. The monoisotopic (exact) mass is 424 g/mol. The van der Waals surface area contributed by atoms with Gasteiger partial charge in [0.1, 0.15) is 10.8 Å². The van der Waals surface area contributed by atoms with Gasteiger partial charge in [0.2, 0.25) is 0 Å². The Bertz CT molecular complexity index is 1100. The first kappa shape index (κ1) is 21.6. The molecule has 0 bridgehead atoms. The predicted molar refractivity (Wildman–Crippen MR) is 116 cm³/mol. The van der Waals surface area contributed by atoms with Crippen LogP contribution < -0.4 is 10.5 Å². The number of esters is 1. The van der Waals surface area contributed by atoms with Crippen LogP contribution in [0.15, 0.2) is 30.5 Å². The quantitative estimate of drug-likeness (QED) is 0.624. The molecule has 1 aromatic carbocycles. The maximum absolute atomic E-state index is 11.8. The van der Waals surface area contributed by atoms with Crippen LogP contribution in [-0.4, -0.2) is 26.8 Å². The van der Waals surface area contributed by atoms with E-state index in [0.717, 1.165) is 15.4 Å². The molecule has 3 rings (SSSR count). The minimum Gasteiger partial charge on any atom is -0.422 e. The number of aryl methyl sites for hydroxylation is 1. The lowest BCUT2D eigenvalue weighted by molar-refractivity contribution is -0.132. The number of hydrogen-bond donors (Lipinski definition) is 1. The fraction of sp³-hybridized carbons (Fsp3) is 0.318. The van der Waals surface area contributed by atoms with Gasteiger partial charge in [0.25, 0.3) is 5.91 Å². The molecule has 0 radical (unpaired) electrons. The molecule has 2 heterocycles. The van der Waals surface area contributed by atoms with Gasteiger partial charge in [0.15, 0.2) is 11.4 Å². The summed E-state index contributed by atoms with van der Waals surface area (Å²) in [7, 11) is 0. The average Bonchev–Trinajstić information content (AvgIpc) is 3.11. The van der Waals surface area contributed by atoms with Crippen molar-refractivity contribution in [1.29, 1.82) is 0 Å². The maximum Gasteiger partial charge on any atom is 0.308 e. The van der Waals surface area contributed by atoms with Crippen LogP contribution in [0.1, 0.15) is 60.1 Å². The van der Waals surface area contributed by atoms with Crippen LogP contribution >= 0.6 is 11.3 Å². The number of benzene rings is 1. The molecule has 0 saturated carbocycles. The molecule has 0 spiro atoms. The van der Waals surface area contributed by atoms with Gasteiger partial charge in [-0.2, -0.15) is 0 Å². The van der Waals surface area contributed by atoms with Gasteiger partial charge in [-0.25, -0.2) is 15.0 Å². The van der Waals surface area contributed by atoms with Crippen molar-refractivity contribution >= 4 is 23.2 Å². The number of primary amides is 1. The van der Waals surface area contributed by atoms with Gasteiger partial charge in [-0.1, -0.05) is 45.0 Å². The van der Waals surface area contributed by atoms with E-state index in [9.17, 15) is 9.59 Å². The number of amides is 1. The Hall–Kier alpha value is -3.13. The molecule has 0 aliphatic carbocycles. The number of carbonyl (C=O) groups excluding carboxylic acids is 2. The molecule has 0 aliphatic heterocycles. The summed E-state index contributed by atoms with van der Waals surface area (Å²) in [6.45, 7) is 9.42. The van der Waals surface area contributed by atoms with Crippen LogP contribution in [0.4, 0.5) is 0 Å². The van der Waals surface area contributed by atoms with E-state index >= 15 is 0 Å². The summed E-state index contributed by atoms with van der Waals surface area (Å²) in [6.07, 6.45) is 2.17. The van der Waals surface area contributed by atoms with Crippen molar-refractivity contribution in [3.05, 3.63) is 58.1 Å². The highest BCUT2D eigenvalue weighted by molar-refractivity contribution is 7.15. The number of nitrogens with two attached hydrogens (primary N) is 1. The van der Waals surface area contributed by atoms with Gasteiger partial charge in [-0.3, -0.25) is 9.59 Å². The second-order valence-electron chi connectivity index (χ2n) is 8.00. The molecule has 1 amide bonds. The molecule has 7 nitrogen and oxygen atoms in total. The zero-order valence-corrected chi connectivity index (χ0v) is 18.5. The third-order valence-corrected chi connectivity index (χ3v) is 5.49. The van der Waals surface area contributed by atoms with Crippen LogP contribution in [0, 0.1) is 6.92 Å². The van der Waals surface area contributed by atoms with E-state index in [1.807, 2.05) is 0 Å². The lowest BCUT2D eigenvalue weighted by Gasteiger charge is -2.18. The molecule has 0 aliphatic rings. The van der Waals surface area contributed by atoms with Gasteiger partial charge in [0, 0.05) is 30.0 Å². The van der Waals surface area contributed by atoms with Crippen LogP contribution in [-0.2, 0) is 16.6 Å². The molecule has 0 unspecified atom stereocenters. The molecule has 0 saturated heterocycles. The summed E-state index contributed by atoms with van der Waals surface area (Å²) in [5, 5.41) is 0.897. The second-order valence-corrected chi connectivity index (χ2v) is 9.11. The van der Waals surface area contributed by atoms with Gasteiger partial charge >= 0.3 is 5.97 Å². The minimum absolute atomic E-state index is 0.00248. The fourth-order valence-corrected chi connectivity index (χ4v) is 3.84. The SMILES string of the molecule is CC(=O)Oc1c(C)nc(Cc2cnc(-c3ccc(C(C)(C)C)cc3)s2)nc1C(N)=O. The van der Waals surface area contributed by atoms with Crippen LogP contribution in [0.5, 0.6) is 5.75 Å². The van der Waals surface area contributed by atoms with Gasteiger partial charge in [0.05, 0.1) is 5.69 Å². The number of nitrogens with zero attached hydrogens (tertiary/aromatic N) is 3. The molecule has 3 aromatic rings. The van der Waals surface area contributed by atoms with Crippen LogP contribution in [0.3, 0.4) is 0 Å². The van der Waals surface area contributed by atoms with Crippen molar-refractivity contribution in [1.82, 2.24) is 15.0 Å². The molecule has 30 heavy (non-hydrogen) atoms. The topological polar surface area (TPSA) is 108 Å². The van der Waals surface area contributed by atoms with Crippen LogP contribution in [0.2, 0.25) is 0 Å². The van der Waals surface area contributed by atoms with Crippen molar-refractivity contribution in [3.8, 4) is 16.3 Å². The third-order valence-electron chi connectivity index (χ3n) is 4.44. The zero-order chi connectivity index (χ0) is 22.1. The maximum atomic E-state index is 11.8. The summed E-state index contributed by atoms with van der Waals surface area (Å²) >= 11 is 1.54. The molecular formula is C22H24N4O3S. The van der Waals surface area contributed by atoms with Crippen molar-refractivity contribution < 1.29 is 14.3 Å². The number of ether oxygens (including phenoxy) is 1. The highest BCUT2D eigenvalue weighted by atomic mass is 32.1. The predicted octanol–water partition coefficient (Wildman–Crippen LogP) is 3.82. The van der Waals surface area contributed by atoms with Gasteiger partial charge < -0.3 is 10.5 Å². The minimum atomic E-state index is -0.776. The average molecular weight is 425 g/mol. The van der Waals surface area contributed by atoms with E-state index in [1.165, 1.54) is 23.8 Å². The van der Waals surface area contributed by atoms with Crippen molar-refractivity contribution in [3.63, 3.8) is 0 Å². The summed E-state index contributed by atoms with van der Waals surface area (Å²) in [4.78, 5) is 37.1. The highest BCUT2D eigenvalue weighted by Crippen LogP contribution is 2.30. The molecule has 0 fully saturated rings. The number of aromatic nitrogens is 3. The summed E-state index contributed by atoms with van der Waals surface area (Å²) in [5.74, 6) is -0.929. The third kappa shape index (κ3) is 4.88. The van der Waals surface area contributed by atoms with Crippen molar-refractivity contribution in [2.75, 3.05) is 0 Å². The van der Waals surface area contributed by atoms with E-state index in [2.05, 4.69) is 60.0 Å². The first-order valence-corrected chi connectivity index (χ1v) is 10.3. The summed E-state index contributed by atoms with van der Waals surface area (Å²) < 4.78 is 5.06. The first-order valence-electron chi connectivity index (χ1n) is 9.46. The number of rotatable bonds is 5. The van der Waals surface area contributed by atoms with E-state index in [-0.39, 0.29) is 16.9 Å². The molecule has 8 heteroatoms. The summed E-state index contributed by atoms with van der Waals surface area (Å²) in [6, 6.07) is 8.39. The smallest absolute Gasteiger partial charge is 0.308 e. The van der Waals surface area contributed by atoms with Crippen molar-refractivity contribution in [2.24, 2.45) is 5.73 Å². The Labute approximate surface area is 179 Å². The second kappa shape index (κ2) is 8.31. The number of thiazole rings is 1. The Kier molecular flexibility index (Phi) is 5.98. The fourth-order valence-electron chi connectivity index (χ4n) is 2.92. The molecule has 0 atom stereocenters. The molecule has 2 aromatic heterocycles. The van der Waals surface area contributed by atoms with E-state index in [4.69, 9.17) is 10.5 Å². The molecule has 156 valence electrons. The zero-order valence-electron chi connectivity index (χ0n) is 17.6. The number of carbonyl (C=O) groups is 2. The van der Waals surface area contributed by atoms with Gasteiger partial charge in [-0.05, 0) is 17.9 Å². The molecular weight excluding hydrogens is 400 g/mol. The largest absolute Gasteiger partial charge is 0.422 e. The Balaban J connectivity index is 1.85. The van der Waals surface area contributed by atoms with E-state index < -0.39 is 11.9 Å². The van der Waals surface area contributed by atoms with Crippen LogP contribution in [0.25, 0.3) is 10.6 Å². The van der Waals surface area contributed by atoms with Gasteiger partial charge in [-0.15, -0.1) is 11.3 Å².